The van der Waals surface area contributed by atoms with Crippen LogP contribution in [0.4, 0.5) is 5.82 Å². The highest BCUT2D eigenvalue weighted by atomic mass is 16.5. The highest BCUT2D eigenvalue weighted by molar-refractivity contribution is 5.37. The van der Waals surface area contributed by atoms with Gasteiger partial charge in [-0.25, -0.2) is 9.97 Å². The van der Waals surface area contributed by atoms with Gasteiger partial charge in [0, 0.05) is 30.6 Å². The predicted octanol–water partition coefficient (Wildman–Crippen LogP) is 2.37. The maximum Gasteiger partial charge on any atom is 0.136 e. The number of ether oxygens (including phenoxy) is 2. The third kappa shape index (κ3) is 3.67. The second kappa shape index (κ2) is 5.66. The Bertz CT molecular complexity index is 465. The summed E-state index contributed by atoms with van der Waals surface area (Å²) >= 11 is 0. The Labute approximate surface area is 121 Å². The Morgan fingerprint density at radius 2 is 2.05 bits per heavy atom. The van der Waals surface area contributed by atoms with Gasteiger partial charge >= 0.3 is 0 Å². The standard InChI is InChI=1S/C15H25N3O2/c1-14(2,3)13-17-11(7-19-5)6-12(18-13)16-8-15(4)9-20-10-15/h6H,7-10H2,1-5H3,(H,16,17,18). The largest absolute Gasteiger partial charge is 0.380 e. The zero-order valence-electron chi connectivity index (χ0n) is 13.1. The van der Waals surface area contributed by atoms with Crippen molar-refractivity contribution >= 4 is 5.82 Å². The third-order valence-electron chi connectivity index (χ3n) is 3.34. The number of methoxy groups -OCH3 is 1. The first-order chi connectivity index (χ1) is 9.32. The molecule has 1 N–H and O–H groups in total. The molecule has 1 saturated heterocycles. The maximum atomic E-state index is 5.27. The van der Waals surface area contributed by atoms with E-state index < -0.39 is 0 Å². The van der Waals surface area contributed by atoms with Crippen molar-refractivity contribution < 1.29 is 9.47 Å². The normalized spacial score (nSPS) is 17.6. The van der Waals surface area contributed by atoms with Gasteiger partial charge in [-0.15, -0.1) is 0 Å². The number of hydrogen-bond acceptors (Lipinski definition) is 5. The van der Waals surface area contributed by atoms with E-state index in [4.69, 9.17) is 9.47 Å². The minimum atomic E-state index is -0.0797. The topological polar surface area (TPSA) is 56.3 Å². The van der Waals surface area contributed by atoms with Crippen LogP contribution in [0.15, 0.2) is 6.07 Å². The number of aromatic nitrogens is 2. The summed E-state index contributed by atoms with van der Waals surface area (Å²) in [5, 5.41) is 3.41. The quantitative estimate of drug-likeness (QED) is 0.896. The summed E-state index contributed by atoms with van der Waals surface area (Å²) in [5.74, 6) is 1.70. The van der Waals surface area contributed by atoms with Crippen LogP contribution >= 0.6 is 0 Å². The molecule has 20 heavy (non-hydrogen) atoms. The Hall–Kier alpha value is -1.20. The fourth-order valence-electron chi connectivity index (χ4n) is 2.00. The van der Waals surface area contributed by atoms with E-state index in [0.29, 0.717) is 6.61 Å². The van der Waals surface area contributed by atoms with Crippen LogP contribution in [0.1, 0.15) is 39.2 Å². The molecule has 2 heterocycles. The first-order valence-electron chi connectivity index (χ1n) is 7.01. The Morgan fingerprint density at radius 1 is 1.35 bits per heavy atom. The average molecular weight is 279 g/mol. The van der Waals surface area contributed by atoms with Gasteiger partial charge in [-0.3, -0.25) is 0 Å². The molecule has 0 spiro atoms. The summed E-state index contributed by atoms with van der Waals surface area (Å²) in [7, 11) is 1.68. The van der Waals surface area contributed by atoms with Crippen LogP contribution in [0.2, 0.25) is 0 Å². The smallest absolute Gasteiger partial charge is 0.136 e. The van der Waals surface area contributed by atoms with Gasteiger partial charge < -0.3 is 14.8 Å². The van der Waals surface area contributed by atoms with Crippen LogP contribution in [0.25, 0.3) is 0 Å². The van der Waals surface area contributed by atoms with Crippen LogP contribution in [-0.4, -0.2) is 36.8 Å². The number of anilines is 1. The van der Waals surface area contributed by atoms with Crippen molar-refractivity contribution in [2.75, 3.05) is 32.2 Å². The van der Waals surface area contributed by atoms with E-state index in [1.54, 1.807) is 7.11 Å². The van der Waals surface area contributed by atoms with Gasteiger partial charge in [-0.1, -0.05) is 27.7 Å². The number of hydrogen-bond donors (Lipinski definition) is 1. The van der Waals surface area contributed by atoms with Gasteiger partial charge in [0.25, 0.3) is 0 Å². The molecular weight excluding hydrogens is 254 g/mol. The summed E-state index contributed by atoms with van der Waals surface area (Å²) in [6.45, 7) is 11.5. The van der Waals surface area contributed by atoms with E-state index in [2.05, 4.69) is 43.0 Å². The monoisotopic (exact) mass is 279 g/mol. The van der Waals surface area contributed by atoms with E-state index >= 15 is 0 Å². The molecular formula is C15H25N3O2. The van der Waals surface area contributed by atoms with Gasteiger partial charge in [0.05, 0.1) is 25.5 Å². The molecule has 0 saturated carbocycles. The Morgan fingerprint density at radius 3 is 2.55 bits per heavy atom. The van der Waals surface area contributed by atoms with E-state index in [1.165, 1.54) is 0 Å². The highest BCUT2D eigenvalue weighted by Gasteiger charge is 2.33. The maximum absolute atomic E-state index is 5.27. The van der Waals surface area contributed by atoms with Crippen LogP contribution in [-0.2, 0) is 21.5 Å². The predicted molar refractivity (Wildman–Crippen MR) is 78.9 cm³/mol. The van der Waals surface area contributed by atoms with Crippen molar-refractivity contribution in [1.82, 2.24) is 9.97 Å². The molecule has 1 aromatic heterocycles. The highest BCUT2D eigenvalue weighted by Crippen LogP contribution is 2.27. The zero-order valence-corrected chi connectivity index (χ0v) is 13.1. The minimum Gasteiger partial charge on any atom is -0.380 e. The van der Waals surface area contributed by atoms with Crippen LogP contribution < -0.4 is 5.32 Å². The van der Waals surface area contributed by atoms with Crippen molar-refractivity contribution in [3.05, 3.63) is 17.6 Å². The molecule has 0 radical (unpaired) electrons. The summed E-state index contributed by atoms with van der Waals surface area (Å²) in [6.07, 6.45) is 0. The molecule has 0 bridgehead atoms. The molecule has 0 unspecified atom stereocenters. The molecule has 0 amide bonds. The van der Waals surface area contributed by atoms with Crippen LogP contribution in [0.5, 0.6) is 0 Å². The molecule has 1 aromatic rings. The SMILES string of the molecule is COCc1cc(NCC2(C)COC2)nc(C(C)(C)C)n1. The van der Waals surface area contributed by atoms with Gasteiger partial charge in [0.1, 0.15) is 11.6 Å². The molecule has 0 aliphatic carbocycles. The van der Waals surface area contributed by atoms with Gasteiger partial charge in [-0.2, -0.15) is 0 Å². The molecule has 0 atom stereocenters. The molecule has 5 heteroatoms. The van der Waals surface area contributed by atoms with Crippen molar-refractivity contribution in [3.8, 4) is 0 Å². The minimum absolute atomic E-state index is 0.0797. The molecule has 2 rings (SSSR count). The first-order valence-corrected chi connectivity index (χ1v) is 7.01. The molecule has 5 nitrogen and oxygen atoms in total. The molecule has 1 fully saturated rings. The second-order valence-corrected chi connectivity index (χ2v) is 6.91. The summed E-state index contributed by atoms with van der Waals surface area (Å²) in [5.41, 5.74) is 1.04. The Kier molecular flexibility index (Phi) is 4.30. The summed E-state index contributed by atoms with van der Waals surface area (Å²) in [6, 6.07) is 1.96. The van der Waals surface area contributed by atoms with Crippen molar-refractivity contribution in [3.63, 3.8) is 0 Å². The molecule has 1 aliphatic rings. The van der Waals surface area contributed by atoms with Crippen molar-refractivity contribution in [2.24, 2.45) is 5.41 Å². The van der Waals surface area contributed by atoms with Crippen LogP contribution in [0.3, 0.4) is 0 Å². The summed E-state index contributed by atoms with van der Waals surface area (Å²) in [4.78, 5) is 9.20. The number of nitrogens with one attached hydrogen (secondary N) is 1. The lowest BCUT2D eigenvalue weighted by molar-refractivity contribution is -0.0924. The second-order valence-electron chi connectivity index (χ2n) is 6.91. The lowest BCUT2D eigenvalue weighted by Crippen LogP contribution is -2.45. The number of nitrogens with zero attached hydrogens (tertiary/aromatic N) is 2. The van der Waals surface area contributed by atoms with Gasteiger partial charge in [0.2, 0.25) is 0 Å². The molecule has 112 valence electrons. The van der Waals surface area contributed by atoms with Gasteiger partial charge in [-0.05, 0) is 0 Å². The third-order valence-corrected chi connectivity index (χ3v) is 3.34. The van der Waals surface area contributed by atoms with E-state index in [1.807, 2.05) is 6.07 Å². The molecule has 0 aromatic carbocycles. The number of rotatable bonds is 5. The van der Waals surface area contributed by atoms with E-state index in [9.17, 15) is 0 Å². The van der Waals surface area contributed by atoms with Gasteiger partial charge in [0.15, 0.2) is 0 Å². The Balaban J connectivity index is 2.15. The first kappa shape index (κ1) is 15.2. The zero-order chi connectivity index (χ0) is 14.8. The van der Waals surface area contributed by atoms with Crippen molar-refractivity contribution in [2.45, 2.75) is 39.7 Å². The summed E-state index contributed by atoms with van der Waals surface area (Å²) < 4.78 is 10.5. The lowest BCUT2D eigenvalue weighted by Gasteiger charge is -2.38. The van der Waals surface area contributed by atoms with E-state index in [0.717, 1.165) is 37.1 Å². The molecule has 1 aliphatic heterocycles. The fourth-order valence-corrected chi connectivity index (χ4v) is 2.00. The van der Waals surface area contributed by atoms with E-state index in [-0.39, 0.29) is 10.8 Å². The average Bonchev–Trinajstić information content (AvgIpc) is 2.33. The lowest BCUT2D eigenvalue weighted by atomic mass is 9.89. The van der Waals surface area contributed by atoms with Crippen molar-refractivity contribution in [1.29, 1.82) is 0 Å². The van der Waals surface area contributed by atoms with Crippen LogP contribution in [0, 0.1) is 5.41 Å². The fraction of sp³-hybridized carbons (Fsp3) is 0.733.